The zero-order valence-electron chi connectivity index (χ0n) is 23.5. The van der Waals surface area contributed by atoms with E-state index in [2.05, 4.69) is 46.9 Å². The predicted octanol–water partition coefficient (Wildman–Crippen LogP) is 4.63. The van der Waals surface area contributed by atoms with Gasteiger partial charge in [0, 0.05) is 50.4 Å². The molecule has 0 spiro atoms. The maximum atomic E-state index is 13.0. The second kappa shape index (κ2) is 14.1. The summed E-state index contributed by atoms with van der Waals surface area (Å²) >= 11 is 0. The van der Waals surface area contributed by atoms with E-state index in [4.69, 9.17) is 10.5 Å². The fourth-order valence-electron chi connectivity index (χ4n) is 5.42. The van der Waals surface area contributed by atoms with Crippen molar-refractivity contribution >= 4 is 23.3 Å². The summed E-state index contributed by atoms with van der Waals surface area (Å²) in [6, 6.07) is 8.32. The van der Waals surface area contributed by atoms with Crippen LogP contribution in [0.2, 0.25) is 0 Å². The van der Waals surface area contributed by atoms with E-state index in [1.807, 2.05) is 29.4 Å². The van der Waals surface area contributed by atoms with Gasteiger partial charge in [-0.3, -0.25) is 9.59 Å². The third-order valence-corrected chi connectivity index (χ3v) is 8.05. The number of anilines is 1. The van der Waals surface area contributed by atoms with Crippen LogP contribution >= 0.6 is 0 Å². The highest BCUT2D eigenvalue weighted by atomic mass is 16.5. The van der Waals surface area contributed by atoms with Gasteiger partial charge in [-0.15, -0.1) is 0 Å². The number of aromatic nitrogens is 2. The van der Waals surface area contributed by atoms with Crippen LogP contribution in [0.1, 0.15) is 69.9 Å². The lowest BCUT2D eigenvalue weighted by Crippen LogP contribution is -2.44. The van der Waals surface area contributed by atoms with Crippen LogP contribution in [-0.2, 0) is 16.0 Å². The maximum absolute atomic E-state index is 13.0. The molecule has 2 aromatic rings. The second-order valence-electron chi connectivity index (χ2n) is 10.6. The van der Waals surface area contributed by atoms with Crippen molar-refractivity contribution in [2.45, 2.75) is 65.2 Å². The molecule has 2 amide bonds. The number of piperidine rings is 1. The van der Waals surface area contributed by atoms with Gasteiger partial charge >= 0.3 is 0 Å². The molecule has 8 nitrogen and oxygen atoms in total. The number of nitrogens with zero attached hydrogens (tertiary/aromatic N) is 4. The van der Waals surface area contributed by atoms with Gasteiger partial charge in [0.2, 0.25) is 17.8 Å². The molecule has 0 radical (unpaired) electrons. The van der Waals surface area contributed by atoms with E-state index in [1.54, 1.807) is 0 Å². The first kappa shape index (κ1) is 28.6. The van der Waals surface area contributed by atoms with Gasteiger partial charge in [0.15, 0.2) is 0 Å². The summed E-state index contributed by atoms with van der Waals surface area (Å²) < 4.78 is 5.99. The summed E-state index contributed by atoms with van der Waals surface area (Å²) in [5.74, 6) is 1.60. The number of carbonyl (C=O) groups excluding carboxylic acids is 2. The van der Waals surface area contributed by atoms with Gasteiger partial charge in [-0.2, -0.15) is 0 Å². The van der Waals surface area contributed by atoms with Crippen LogP contribution in [0.3, 0.4) is 0 Å². The van der Waals surface area contributed by atoms with Gasteiger partial charge in [-0.1, -0.05) is 25.1 Å². The molecule has 1 atom stereocenters. The Kier molecular flexibility index (Phi) is 10.3. The smallest absolute Gasteiger partial charge is 0.226 e. The van der Waals surface area contributed by atoms with E-state index in [0.29, 0.717) is 32.5 Å². The van der Waals surface area contributed by atoms with E-state index < -0.39 is 0 Å². The molecule has 1 saturated heterocycles. The number of primary amides is 1. The molecule has 1 unspecified atom stereocenters. The molecule has 0 saturated carbocycles. The lowest BCUT2D eigenvalue weighted by molar-refractivity contribution is -0.138. The fourth-order valence-corrected chi connectivity index (χ4v) is 5.42. The largest absolute Gasteiger partial charge is 0.494 e. The molecule has 39 heavy (non-hydrogen) atoms. The minimum absolute atomic E-state index is 0.0346. The molecule has 2 aliphatic rings. The minimum Gasteiger partial charge on any atom is -0.494 e. The molecule has 210 valence electrons. The fraction of sp³-hybridized carbons (Fsp3) is 0.548. The number of amides is 2. The molecule has 0 bridgehead atoms. The Bertz CT molecular complexity index is 1110. The van der Waals surface area contributed by atoms with Gasteiger partial charge in [-0.25, -0.2) is 9.97 Å². The molecule has 1 aliphatic carbocycles. The van der Waals surface area contributed by atoms with E-state index in [-0.39, 0.29) is 23.7 Å². The van der Waals surface area contributed by atoms with Crippen LogP contribution in [0.4, 0.5) is 5.95 Å². The topological polar surface area (TPSA) is 102 Å². The van der Waals surface area contributed by atoms with E-state index in [0.717, 1.165) is 68.9 Å². The van der Waals surface area contributed by atoms with Gasteiger partial charge in [-0.05, 0) is 87.1 Å². The Morgan fingerprint density at radius 3 is 2.33 bits per heavy atom. The Morgan fingerprint density at radius 1 is 1.03 bits per heavy atom. The summed E-state index contributed by atoms with van der Waals surface area (Å²) in [5, 5.41) is 0. The molecule has 1 fully saturated rings. The van der Waals surface area contributed by atoms with Crippen molar-refractivity contribution in [1.82, 2.24) is 14.9 Å². The van der Waals surface area contributed by atoms with E-state index >= 15 is 0 Å². The first-order chi connectivity index (χ1) is 19.0. The quantitative estimate of drug-likeness (QED) is 0.399. The number of unbranched alkanes of at least 4 members (excludes halogenated alkanes) is 1. The molecule has 4 rings (SSSR count). The minimum atomic E-state index is -0.244. The number of hydrogen-bond acceptors (Lipinski definition) is 6. The highest BCUT2D eigenvalue weighted by molar-refractivity contribution is 5.81. The lowest BCUT2D eigenvalue weighted by Gasteiger charge is -2.34. The first-order valence-electron chi connectivity index (χ1n) is 14.5. The van der Waals surface area contributed by atoms with Crippen molar-refractivity contribution in [1.29, 1.82) is 0 Å². The number of allylic oxidation sites excluding steroid dienone is 2. The summed E-state index contributed by atoms with van der Waals surface area (Å²) in [5.41, 5.74) is 9.08. The number of rotatable bonds is 12. The molecular formula is C31H43N5O3. The third-order valence-electron chi connectivity index (χ3n) is 8.05. The van der Waals surface area contributed by atoms with E-state index in [9.17, 15) is 9.59 Å². The van der Waals surface area contributed by atoms with Crippen LogP contribution in [-0.4, -0.2) is 59.5 Å². The molecule has 2 N–H and O–H groups in total. The van der Waals surface area contributed by atoms with Crippen molar-refractivity contribution in [2.24, 2.45) is 17.6 Å². The molecule has 2 heterocycles. The SMILES string of the molecule is CCc1cnc(N(CC)CCCCOc2ccc(C3=CCC(C(=O)N4CCC(C(N)=O)CC4)CC3)cc2)nc1. The van der Waals surface area contributed by atoms with Crippen molar-refractivity contribution in [3.8, 4) is 5.75 Å². The Morgan fingerprint density at radius 2 is 1.74 bits per heavy atom. The number of ether oxygens (including phenoxy) is 1. The van der Waals surface area contributed by atoms with Crippen LogP contribution in [0, 0.1) is 11.8 Å². The number of aryl methyl sites for hydroxylation is 1. The number of nitrogens with two attached hydrogens (primary N) is 1. The summed E-state index contributed by atoms with van der Waals surface area (Å²) in [7, 11) is 0. The van der Waals surface area contributed by atoms with Gasteiger partial charge in [0.1, 0.15) is 5.75 Å². The van der Waals surface area contributed by atoms with Crippen molar-refractivity contribution in [3.05, 3.63) is 53.9 Å². The number of benzene rings is 1. The average Bonchev–Trinajstić information content (AvgIpc) is 2.99. The number of hydrogen-bond donors (Lipinski definition) is 1. The summed E-state index contributed by atoms with van der Waals surface area (Å²) in [6.45, 7) is 7.98. The standard InChI is InChI=1S/C31H43N5O3/c1-3-23-21-33-31(34-22-23)35(4-2)17-5-6-20-39-28-13-11-25(12-14-28)24-7-9-27(10-8-24)30(38)36-18-15-26(16-19-36)29(32)37/h7,11-14,21-22,26-27H,3-6,8-10,15-20H2,1-2H3,(H2,32,37). The van der Waals surface area contributed by atoms with Crippen LogP contribution < -0.4 is 15.4 Å². The van der Waals surface area contributed by atoms with Crippen molar-refractivity contribution in [3.63, 3.8) is 0 Å². The summed E-state index contributed by atoms with van der Waals surface area (Å²) in [4.78, 5) is 37.5. The van der Waals surface area contributed by atoms with Crippen molar-refractivity contribution in [2.75, 3.05) is 37.7 Å². The number of carbonyl (C=O) groups is 2. The van der Waals surface area contributed by atoms with Crippen LogP contribution in [0.15, 0.2) is 42.7 Å². The second-order valence-corrected chi connectivity index (χ2v) is 10.6. The highest BCUT2D eigenvalue weighted by Crippen LogP contribution is 2.33. The Labute approximate surface area is 232 Å². The molecular weight excluding hydrogens is 490 g/mol. The lowest BCUT2D eigenvalue weighted by atomic mass is 9.85. The Hall–Kier alpha value is -3.42. The van der Waals surface area contributed by atoms with Gasteiger partial charge < -0.3 is 20.3 Å². The van der Waals surface area contributed by atoms with Crippen molar-refractivity contribution < 1.29 is 14.3 Å². The molecule has 1 aliphatic heterocycles. The number of likely N-dealkylation sites (tertiary alicyclic amines) is 1. The normalized spacial score (nSPS) is 17.9. The first-order valence-corrected chi connectivity index (χ1v) is 14.5. The van der Waals surface area contributed by atoms with E-state index in [1.165, 1.54) is 11.1 Å². The van der Waals surface area contributed by atoms with Gasteiger partial charge in [0.05, 0.1) is 6.61 Å². The Balaban J connectivity index is 1.17. The van der Waals surface area contributed by atoms with Gasteiger partial charge in [0.25, 0.3) is 0 Å². The third kappa shape index (κ3) is 7.80. The zero-order chi connectivity index (χ0) is 27.6. The monoisotopic (exact) mass is 533 g/mol. The van der Waals surface area contributed by atoms with Crippen LogP contribution in [0.25, 0.3) is 5.57 Å². The highest BCUT2D eigenvalue weighted by Gasteiger charge is 2.30. The molecule has 1 aromatic carbocycles. The predicted molar refractivity (Wildman–Crippen MR) is 154 cm³/mol. The molecule has 1 aromatic heterocycles. The zero-order valence-corrected chi connectivity index (χ0v) is 23.5. The summed E-state index contributed by atoms with van der Waals surface area (Å²) in [6.07, 6.45) is 12.9. The van der Waals surface area contributed by atoms with Crippen LogP contribution in [0.5, 0.6) is 5.75 Å². The maximum Gasteiger partial charge on any atom is 0.226 e. The average molecular weight is 534 g/mol. The molecule has 8 heteroatoms.